The lowest BCUT2D eigenvalue weighted by Crippen LogP contribution is -1.85. The molecular formula is C8H3Br2ClFN. The van der Waals surface area contributed by atoms with Crippen molar-refractivity contribution in [2.75, 3.05) is 0 Å². The Morgan fingerprint density at radius 2 is 2.08 bits per heavy atom. The third-order valence-corrected chi connectivity index (χ3v) is 2.68. The zero-order chi connectivity index (χ0) is 10.0. The summed E-state index contributed by atoms with van der Waals surface area (Å²) in [5, 5.41) is 0.133. The number of alkyl halides is 2. The smallest absolute Gasteiger partial charge is 0.210 e. The molecule has 1 nitrogen and oxygen atoms in total. The van der Waals surface area contributed by atoms with Gasteiger partial charge in [-0.15, -0.1) is 0 Å². The van der Waals surface area contributed by atoms with Crippen molar-refractivity contribution in [1.82, 2.24) is 0 Å². The summed E-state index contributed by atoms with van der Waals surface area (Å²) in [7, 11) is 0. The molecule has 0 aliphatic heterocycles. The van der Waals surface area contributed by atoms with Gasteiger partial charge in [0, 0.05) is 0 Å². The van der Waals surface area contributed by atoms with E-state index in [1.165, 1.54) is 6.07 Å². The SMILES string of the molecule is [C-]#[N+]c1c(Cl)cc(F)cc1C(Br)Br. The van der Waals surface area contributed by atoms with E-state index in [2.05, 4.69) is 36.7 Å². The fourth-order valence-corrected chi connectivity index (χ4v) is 1.82. The first kappa shape index (κ1) is 11.0. The van der Waals surface area contributed by atoms with Gasteiger partial charge in [0.15, 0.2) is 0 Å². The summed E-state index contributed by atoms with van der Waals surface area (Å²) >= 11 is 12.1. The van der Waals surface area contributed by atoms with Crippen LogP contribution >= 0.6 is 43.5 Å². The van der Waals surface area contributed by atoms with Crippen LogP contribution in [-0.2, 0) is 0 Å². The second-order valence-electron chi connectivity index (χ2n) is 2.24. The second kappa shape index (κ2) is 4.41. The van der Waals surface area contributed by atoms with E-state index in [0.29, 0.717) is 5.56 Å². The van der Waals surface area contributed by atoms with Crippen molar-refractivity contribution >= 4 is 49.1 Å². The molecule has 0 unspecified atom stereocenters. The third-order valence-electron chi connectivity index (χ3n) is 1.40. The Morgan fingerprint density at radius 3 is 2.54 bits per heavy atom. The van der Waals surface area contributed by atoms with Gasteiger partial charge in [-0.25, -0.2) is 9.24 Å². The van der Waals surface area contributed by atoms with Gasteiger partial charge in [0.2, 0.25) is 5.69 Å². The van der Waals surface area contributed by atoms with Gasteiger partial charge < -0.3 is 0 Å². The number of nitrogens with zero attached hydrogens (tertiary/aromatic N) is 1. The summed E-state index contributed by atoms with van der Waals surface area (Å²) in [6.07, 6.45) is 0. The molecule has 0 radical (unpaired) electrons. The molecule has 0 aliphatic rings. The van der Waals surface area contributed by atoms with Gasteiger partial charge >= 0.3 is 0 Å². The van der Waals surface area contributed by atoms with E-state index in [4.69, 9.17) is 18.2 Å². The molecule has 0 heterocycles. The minimum absolute atomic E-state index is 0.133. The van der Waals surface area contributed by atoms with Crippen molar-refractivity contribution in [3.8, 4) is 0 Å². The van der Waals surface area contributed by atoms with Crippen molar-refractivity contribution in [2.24, 2.45) is 0 Å². The summed E-state index contributed by atoms with van der Waals surface area (Å²) < 4.78 is 12.6. The molecule has 68 valence electrons. The summed E-state index contributed by atoms with van der Waals surface area (Å²) in [5.74, 6) is -0.448. The van der Waals surface area contributed by atoms with E-state index >= 15 is 0 Å². The van der Waals surface area contributed by atoms with E-state index in [1.807, 2.05) is 0 Å². The van der Waals surface area contributed by atoms with Crippen molar-refractivity contribution in [3.63, 3.8) is 0 Å². The predicted octanol–water partition coefficient (Wildman–Crippen LogP) is 4.82. The predicted molar refractivity (Wildman–Crippen MR) is 58.3 cm³/mol. The average Bonchev–Trinajstić information content (AvgIpc) is 2.02. The summed E-state index contributed by atoms with van der Waals surface area (Å²) in [5.41, 5.74) is 0.766. The Morgan fingerprint density at radius 1 is 1.46 bits per heavy atom. The lowest BCUT2D eigenvalue weighted by molar-refractivity contribution is 0.627. The zero-order valence-electron chi connectivity index (χ0n) is 6.19. The Labute approximate surface area is 97.0 Å². The largest absolute Gasteiger partial charge is 0.236 e. The van der Waals surface area contributed by atoms with E-state index < -0.39 is 5.82 Å². The Kier molecular flexibility index (Phi) is 3.72. The zero-order valence-corrected chi connectivity index (χ0v) is 10.1. The van der Waals surface area contributed by atoms with Gasteiger partial charge in [0.25, 0.3) is 0 Å². The van der Waals surface area contributed by atoms with E-state index in [0.717, 1.165) is 6.07 Å². The molecule has 0 saturated heterocycles. The Balaban J connectivity index is 3.41. The fraction of sp³-hybridized carbons (Fsp3) is 0.125. The van der Waals surface area contributed by atoms with Crippen molar-refractivity contribution in [2.45, 2.75) is 3.74 Å². The highest BCUT2D eigenvalue weighted by atomic mass is 79.9. The molecule has 0 amide bonds. The maximum Gasteiger partial charge on any atom is 0.210 e. The normalized spacial score (nSPS) is 10.2. The first-order chi connectivity index (χ1) is 6.06. The van der Waals surface area contributed by atoms with Crippen LogP contribution in [0.15, 0.2) is 12.1 Å². The van der Waals surface area contributed by atoms with Gasteiger partial charge in [0.1, 0.15) is 5.82 Å². The minimum atomic E-state index is -0.448. The number of benzene rings is 1. The molecule has 0 aliphatic carbocycles. The molecule has 0 N–H and O–H groups in total. The lowest BCUT2D eigenvalue weighted by Gasteiger charge is -2.06. The topological polar surface area (TPSA) is 4.36 Å². The van der Waals surface area contributed by atoms with Gasteiger partial charge in [-0.1, -0.05) is 43.5 Å². The monoisotopic (exact) mass is 325 g/mol. The van der Waals surface area contributed by atoms with Crippen LogP contribution in [0.4, 0.5) is 10.1 Å². The number of halogens is 4. The van der Waals surface area contributed by atoms with Crippen molar-refractivity contribution in [1.29, 1.82) is 0 Å². The molecule has 5 heteroatoms. The number of hydrogen-bond acceptors (Lipinski definition) is 0. The number of hydrogen-bond donors (Lipinski definition) is 0. The van der Waals surface area contributed by atoms with Gasteiger partial charge in [0.05, 0.1) is 15.3 Å². The molecule has 0 atom stereocenters. The molecule has 1 aromatic rings. The van der Waals surface area contributed by atoms with Crippen LogP contribution in [0.1, 0.15) is 9.30 Å². The lowest BCUT2D eigenvalue weighted by atomic mass is 10.2. The quantitative estimate of drug-likeness (QED) is 0.515. The Bertz CT molecular complexity index is 373. The standard InChI is InChI=1S/C8H3Br2ClFN/c1-13-7-5(8(9)10)2-4(12)3-6(7)11/h2-3,8H. The maximum absolute atomic E-state index is 12.9. The van der Waals surface area contributed by atoms with Gasteiger partial charge in [-0.2, -0.15) is 0 Å². The molecule has 1 rings (SSSR count). The van der Waals surface area contributed by atoms with Crippen LogP contribution in [0.25, 0.3) is 4.85 Å². The Hall–Kier alpha value is -0.110. The van der Waals surface area contributed by atoms with Crippen LogP contribution in [-0.4, -0.2) is 0 Å². The van der Waals surface area contributed by atoms with E-state index in [-0.39, 0.29) is 14.4 Å². The summed E-state index contributed by atoms with van der Waals surface area (Å²) in [6.45, 7) is 6.87. The fourth-order valence-electron chi connectivity index (χ4n) is 0.870. The third kappa shape index (κ3) is 2.43. The highest BCUT2D eigenvalue weighted by Gasteiger charge is 2.14. The summed E-state index contributed by atoms with van der Waals surface area (Å²) in [4.78, 5) is 3.22. The van der Waals surface area contributed by atoms with Crippen LogP contribution in [0.3, 0.4) is 0 Å². The van der Waals surface area contributed by atoms with Crippen LogP contribution in [0, 0.1) is 12.4 Å². The maximum atomic E-state index is 12.9. The van der Waals surface area contributed by atoms with Gasteiger partial charge in [-0.3, -0.25) is 0 Å². The molecule has 1 aromatic carbocycles. The second-order valence-corrected chi connectivity index (χ2v) is 5.71. The molecule has 0 aromatic heterocycles. The highest BCUT2D eigenvalue weighted by molar-refractivity contribution is 9.24. The summed E-state index contributed by atoms with van der Waals surface area (Å²) in [6, 6.07) is 2.40. The van der Waals surface area contributed by atoms with Crippen LogP contribution in [0.5, 0.6) is 0 Å². The highest BCUT2D eigenvalue weighted by Crippen LogP contribution is 2.40. The van der Waals surface area contributed by atoms with Crippen molar-refractivity contribution in [3.05, 3.63) is 40.0 Å². The van der Waals surface area contributed by atoms with Gasteiger partial charge in [-0.05, 0) is 17.7 Å². The first-order valence-electron chi connectivity index (χ1n) is 3.20. The molecule has 0 fully saturated rings. The van der Waals surface area contributed by atoms with Crippen LogP contribution < -0.4 is 0 Å². The molecule has 0 bridgehead atoms. The van der Waals surface area contributed by atoms with Crippen molar-refractivity contribution < 1.29 is 4.39 Å². The molecule has 0 saturated carbocycles. The average molecular weight is 327 g/mol. The van der Waals surface area contributed by atoms with E-state index in [1.54, 1.807) is 0 Å². The molecule has 13 heavy (non-hydrogen) atoms. The number of rotatable bonds is 1. The molecular weight excluding hydrogens is 324 g/mol. The van der Waals surface area contributed by atoms with E-state index in [9.17, 15) is 4.39 Å². The first-order valence-corrected chi connectivity index (χ1v) is 5.41. The minimum Gasteiger partial charge on any atom is -0.236 e. The molecule has 0 spiro atoms. The van der Waals surface area contributed by atoms with Crippen LogP contribution in [0.2, 0.25) is 5.02 Å².